The van der Waals surface area contributed by atoms with Gasteiger partial charge in [0, 0.05) is 24.7 Å². The Labute approximate surface area is 155 Å². The second kappa shape index (κ2) is 7.77. The SMILES string of the molecule is C=C(C)[C@@H]1C[C@@H](OC(=O)CCC)[C@]2(C1)C(C)=CC(=O)[C@H](OC(C)=O)[C@H]2C. The second-order valence-electron chi connectivity index (χ2n) is 7.80. The van der Waals surface area contributed by atoms with E-state index >= 15 is 0 Å². The number of hydrogen-bond acceptors (Lipinski definition) is 5. The average Bonchev–Trinajstić information content (AvgIpc) is 2.91. The summed E-state index contributed by atoms with van der Waals surface area (Å²) in [7, 11) is 0. The minimum atomic E-state index is -0.840. The van der Waals surface area contributed by atoms with Crippen molar-refractivity contribution in [1.29, 1.82) is 0 Å². The van der Waals surface area contributed by atoms with E-state index in [1.54, 1.807) is 6.08 Å². The van der Waals surface area contributed by atoms with E-state index in [0.717, 1.165) is 24.0 Å². The van der Waals surface area contributed by atoms with Crippen LogP contribution in [-0.4, -0.2) is 29.9 Å². The fourth-order valence-electron chi connectivity index (χ4n) is 4.58. The van der Waals surface area contributed by atoms with Crippen molar-refractivity contribution in [2.24, 2.45) is 17.3 Å². The Morgan fingerprint density at radius 3 is 2.50 bits per heavy atom. The highest BCUT2D eigenvalue weighted by molar-refractivity contribution is 5.97. The van der Waals surface area contributed by atoms with Gasteiger partial charge in [0.05, 0.1) is 0 Å². The molecular weight excluding hydrogens is 332 g/mol. The van der Waals surface area contributed by atoms with E-state index in [9.17, 15) is 14.4 Å². The molecule has 0 N–H and O–H groups in total. The van der Waals surface area contributed by atoms with Crippen LogP contribution < -0.4 is 0 Å². The van der Waals surface area contributed by atoms with Crippen molar-refractivity contribution < 1.29 is 23.9 Å². The van der Waals surface area contributed by atoms with Crippen LogP contribution in [0.1, 0.15) is 60.3 Å². The normalized spacial score (nSPS) is 33.7. The zero-order valence-corrected chi connectivity index (χ0v) is 16.5. The van der Waals surface area contributed by atoms with Crippen LogP contribution in [0.5, 0.6) is 0 Å². The molecule has 5 heteroatoms. The summed E-state index contributed by atoms with van der Waals surface area (Å²) in [5.74, 6) is -0.972. The maximum absolute atomic E-state index is 12.5. The number of allylic oxidation sites excluding steroid dienone is 1. The highest BCUT2D eigenvalue weighted by Crippen LogP contribution is 2.57. The molecular formula is C21H30O5. The highest BCUT2D eigenvalue weighted by atomic mass is 16.6. The molecule has 0 aliphatic heterocycles. The van der Waals surface area contributed by atoms with Crippen LogP contribution >= 0.6 is 0 Å². The fraction of sp³-hybridized carbons (Fsp3) is 0.667. The standard InChI is InChI=1S/C21H30O5/c1-7-8-19(24)26-18-10-16(12(2)3)11-21(18)13(4)9-17(23)20(14(21)5)25-15(6)22/h9,14,16,18,20H,2,7-8,10-11H2,1,3-6H3/t14-,16-,18-,20-,21-/m1/s1. The van der Waals surface area contributed by atoms with Gasteiger partial charge < -0.3 is 9.47 Å². The molecule has 0 amide bonds. The lowest BCUT2D eigenvalue weighted by atomic mass is 9.62. The Bertz CT molecular complexity index is 647. The molecule has 1 fully saturated rings. The summed E-state index contributed by atoms with van der Waals surface area (Å²) in [5, 5.41) is 0. The van der Waals surface area contributed by atoms with Crippen molar-refractivity contribution in [2.75, 3.05) is 0 Å². The molecule has 0 heterocycles. The smallest absolute Gasteiger partial charge is 0.306 e. The van der Waals surface area contributed by atoms with E-state index in [2.05, 4.69) is 6.58 Å². The first kappa shape index (κ1) is 20.4. The number of carbonyl (C=O) groups is 3. The van der Waals surface area contributed by atoms with Crippen molar-refractivity contribution in [2.45, 2.75) is 72.5 Å². The number of ether oxygens (including phenoxy) is 2. The van der Waals surface area contributed by atoms with Crippen molar-refractivity contribution in [3.05, 3.63) is 23.8 Å². The van der Waals surface area contributed by atoms with Crippen LogP contribution in [0.3, 0.4) is 0 Å². The summed E-state index contributed by atoms with van der Waals surface area (Å²) in [4.78, 5) is 36.2. The van der Waals surface area contributed by atoms with Crippen LogP contribution in [0.4, 0.5) is 0 Å². The van der Waals surface area contributed by atoms with E-state index in [-0.39, 0.29) is 29.7 Å². The predicted molar refractivity (Wildman–Crippen MR) is 98.2 cm³/mol. The zero-order valence-electron chi connectivity index (χ0n) is 16.5. The quantitative estimate of drug-likeness (QED) is 0.550. The first-order valence-corrected chi connectivity index (χ1v) is 9.38. The molecule has 0 aromatic rings. The Hall–Kier alpha value is -1.91. The van der Waals surface area contributed by atoms with Crippen LogP contribution in [0.25, 0.3) is 0 Å². The van der Waals surface area contributed by atoms with E-state index in [1.807, 2.05) is 27.7 Å². The third kappa shape index (κ3) is 3.62. The summed E-state index contributed by atoms with van der Waals surface area (Å²) in [6.07, 6.45) is 2.89. The van der Waals surface area contributed by atoms with E-state index in [0.29, 0.717) is 12.8 Å². The van der Waals surface area contributed by atoms with Gasteiger partial charge in [-0.15, -0.1) is 0 Å². The Morgan fingerprint density at radius 2 is 1.96 bits per heavy atom. The molecule has 26 heavy (non-hydrogen) atoms. The van der Waals surface area contributed by atoms with Crippen molar-refractivity contribution >= 4 is 17.7 Å². The van der Waals surface area contributed by atoms with E-state index in [4.69, 9.17) is 9.47 Å². The Balaban J connectivity index is 2.45. The van der Waals surface area contributed by atoms with Gasteiger partial charge in [0.25, 0.3) is 0 Å². The minimum absolute atomic E-state index is 0.200. The van der Waals surface area contributed by atoms with Gasteiger partial charge in [-0.05, 0) is 45.1 Å². The number of carbonyl (C=O) groups excluding carboxylic acids is 3. The number of hydrogen-bond donors (Lipinski definition) is 0. The molecule has 1 spiro atoms. The summed E-state index contributed by atoms with van der Waals surface area (Å²) in [6.45, 7) is 13.1. The largest absolute Gasteiger partial charge is 0.461 e. The highest BCUT2D eigenvalue weighted by Gasteiger charge is 2.58. The van der Waals surface area contributed by atoms with Crippen LogP contribution in [0.15, 0.2) is 23.8 Å². The number of rotatable bonds is 5. The third-order valence-electron chi connectivity index (χ3n) is 6.02. The molecule has 5 atom stereocenters. The van der Waals surface area contributed by atoms with Gasteiger partial charge in [-0.3, -0.25) is 14.4 Å². The monoisotopic (exact) mass is 362 g/mol. The molecule has 0 bridgehead atoms. The lowest BCUT2D eigenvalue weighted by Crippen LogP contribution is -2.51. The van der Waals surface area contributed by atoms with Crippen LogP contribution in [-0.2, 0) is 23.9 Å². The van der Waals surface area contributed by atoms with Gasteiger partial charge in [0.15, 0.2) is 11.9 Å². The molecule has 0 aromatic heterocycles. The summed E-state index contributed by atoms with van der Waals surface area (Å²) in [5.41, 5.74) is 1.43. The summed E-state index contributed by atoms with van der Waals surface area (Å²) >= 11 is 0. The van der Waals surface area contributed by atoms with Crippen LogP contribution in [0, 0.1) is 17.3 Å². The average molecular weight is 362 g/mol. The maximum atomic E-state index is 12.5. The van der Waals surface area contributed by atoms with E-state index in [1.165, 1.54) is 6.92 Å². The molecule has 2 aliphatic carbocycles. The summed E-state index contributed by atoms with van der Waals surface area (Å²) < 4.78 is 11.2. The van der Waals surface area contributed by atoms with Gasteiger partial charge in [-0.25, -0.2) is 0 Å². The molecule has 0 unspecified atom stereocenters. The summed E-state index contributed by atoms with van der Waals surface area (Å²) in [6, 6.07) is 0. The van der Waals surface area contributed by atoms with Gasteiger partial charge >= 0.3 is 11.9 Å². The van der Waals surface area contributed by atoms with Crippen molar-refractivity contribution in [1.82, 2.24) is 0 Å². The van der Waals surface area contributed by atoms with E-state index < -0.39 is 17.5 Å². The Kier molecular flexibility index (Phi) is 6.09. The molecule has 5 nitrogen and oxygen atoms in total. The zero-order chi connectivity index (χ0) is 19.6. The Morgan fingerprint density at radius 1 is 1.31 bits per heavy atom. The predicted octanol–water partition coefficient (Wildman–Crippen LogP) is 3.77. The lowest BCUT2D eigenvalue weighted by molar-refractivity contribution is -0.166. The van der Waals surface area contributed by atoms with Gasteiger partial charge in [-0.2, -0.15) is 0 Å². The molecule has 0 radical (unpaired) electrons. The topological polar surface area (TPSA) is 69.7 Å². The van der Waals surface area contributed by atoms with Gasteiger partial charge in [0.1, 0.15) is 6.10 Å². The molecule has 1 saturated carbocycles. The van der Waals surface area contributed by atoms with Crippen molar-refractivity contribution in [3.8, 4) is 0 Å². The molecule has 0 aromatic carbocycles. The van der Waals surface area contributed by atoms with Crippen LogP contribution in [0.2, 0.25) is 0 Å². The molecule has 144 valence electrons. The molecule has 2 rings (SSSR count). The minimum Gasteiger partial charge on any atom is -0.461 e. The number of ketones is 1. The number of esters is 2. The van der Waals surface area contributed by atoms with Gasteiger partial charge in [0.2, 0.25) is 0 Å². The molecule has 2 aliphatic rings. The first-order valence-electron chi connectivity index (χ1n) is 9.38. The lowest BCUT2D eigenvalue weighted by Gasteiger charge is -2.46. The van der Waals surface area contributed by atoms with Crippen molar-refractivity contribution in [3.63, 3.8) is 0 Å². The van der Waals surface area contributed by atoms with Gasteiger partial charge in [-0.1, -0.05) is 31.6 Å². The maximum Gasteiger partial charge on any atom is 0.306 e. The third-order valence-corrected chi connectivity index (χ3v) is 6.02. The first-order chi connectivity index (χ1) is 12.1. The second-order valence-corrected chi connectivity index (χ2v) is 7.80. The fourth-order valence-corrected chi connectivity index (χ4v) is 4.58. The molecule has 0 saturated heterocycles.